The van der Waals surface area contributed by atoms with Crippen molar-refractivity contribution in [2.24, 2.45) is 0 Å². The molecule has 0 aliphatic heterocycles. The van der Waals surface area contributed by atoms with Crippen LogP contribution in [0.1, 0.15) is 23.0 Å². The van der Waals surface area contributed by atoms with Crippen LogP contribution in [0.15, 0.2) is 36.5 Å². The van der Waals surface area contributed by atoms with E-state index in [-0.39, 0.29) is 24.2 Å². The molecular weight excluding hydrogens is 268 g/mol. The fourth-order valence-electron chi connectivity index (χ4n) is 2.09. The lowest BCUT2D eigenvalue weighted by atomic mass is 10.1. The second kappa shape index (κ2) is 6.90. The third-order valence-electron chi connectivity index (χ3n) is 3.21. The van der Waals surface area contributed by atoms with Gasteiger partial charge in [0.15, 0.2) is 5.69 Å². The van der Waals surface area contributed by atoms with E-state index in [0.717, 1.165) is 5.56 Å². The lowest BCUT2D eigenvalue weighted by Crippen LogP contribution is -2.39. The summed E-state index contributed by atoms with van der Waals surface area (Å²) in [6.45, 7) is 2.42. The number of nitrogens with one attached hydrogen (secondary N) is 1. The van der Waals surface area contributed by atoms with Gasteiger partial charge in [-0.2, -0.15) is 5.10 Å². The second-order valence-corrected chi connectivity index (χ2v) is 4.83. The highest BCUT2D eigenvalue weighted by atomic mass is 16.3. The third-order valence-corrected chi connectivity index (χ3v) is 3.21. The second-order valence-electron chi connectivity index (χ2n) is 4.83. The highest BCUT2D eigenvalue weighted by molar-refractivity contribution is 5.97. The standard InChI is InChI=1S/C15H20N4O2/c1-2-19-9-13(16)14(18-19)15(21)17-12(10-20)8-11-6-4-3-5-7-11/h3-7,9,12,20H,2,8,10,16H2,1H3,(H,17,21)/t12-/m1/s1. The molecular formula is C15H20N4O2. The van der Waals surface area contributed by atoms with Gasteiger partial charge in [-0.15, -0.1) is 0 Å². The Hall–Kier alpha value is -2.34. The Morgan fingerprint density at radius 2 is 2.14 bits per heavy atom. The molecule has 0 saturated heterocycles. The van der Waals surface area contributed by atoms with Crippen LogP contribution in [0.25, 0.3) is 0 Å². The number of benzene rings is 1. The van der Waals surface area contributed by atoms with Gasteiger partial charge in [0, 0.05) is 12.7 Å². The van der Waals surface area contributed by atoms with Gasteiger partial charge in [0.2, 0.25) is 0 Å². The smallest absolute Gasteiger partial charge is 0.274 e. The largest absolute Gasteiger partial charge is 0.396 e. The molecule has 4 N–H and O–H groups in total. The Labute approximate surface area is 123 Å². The van der Waals surface area contributed by atoms with Crippen LogP contribution < -0.4 is 11.1 Å². The molecule has 0 unspecified atom stereocenters. The number of nitrogens with two attached hydrogens (primary N) is 1. The molecule has 1 aromatic heterocycles. The molecule has 1 atom stereocenters. The molecule has 0 spiro atoms. The molecule has 0 bridgehead atoms. The van der Waals surface area contributed by atoms with Crippen LogP contribution in [0, 0.1) is 0 Å². The number of aryl methyl sites for hydroxylation is 1. The number of nitrogen functional groups attached to an aromatic ring is 1. The highest BCUT2D eigenvalue weighted by Crippen LogP contribution is 2.10. The fraction of sp³-hybridized carbons (Fsp3) is 0.333. The van der Waals surface area contributed by atoms with Gasteiger partial charge in [-0.25, -0.2) is 0 Å². The van der Waals surface area contributed by atoms with Gasteiger partial charge in [-0.3, -0.25) is 9.48 Å². The summed E-state index contributed by atoms with van der Waals surface area (Å²) in [5.41, 5.74) is 7.36. The molecule has 2 rings (SSSR count). The van der Waals surface area contributed by atoms with Crippen molar-refractivity contribution in [1.82, 2.24) is 15.1 Å². The minimum atomic E-state index is -0.369. The molecule has 0 radical (unpaired) electrons. The average Bonchev–Trinajstić information content (AvgIpc) is 2.88. The Morgan fingerprint density at radius 1 is 1.43 bits per heavy atom. The van der Waals surface area contributed by atoms with E-state index in [9.17, 15) is 9.90 Å². The molecule has 1 aromatic carbocycles. The first-order valence-corrected chi connectivity index (χ1v) is 6.92. The maximum Gasteiger partial charge on any atom is 0.274 e. The number of carbonyl (C=O) groups excluding carboxylic acids is 1. The molecule has 6 heteroatoms. The minimum Gasteiger partial charge on any atom is -0.396 e. The zero-order valence-corrected chi connectivity index (χ0v) is 12.0. The molecule has 0 saturated carbocycles. The predicted octanol–water partition coefficient (Wildman–Crippen LogP) is 0.819. The first-order valence-electron chi connectivity index (χ1n) is 6.92. The van der Waals surface area contributed by atoms with Gasteiger partial charge in [-0.1, -0.05) is 30.3 Å². The van der Waals surface area contributed by atoms with Crippen LogP contribution in [-0.2, 0) is 13.0 Å². The number of carbonyl (C=O) groups is 1. The van der Waals surface area contributed by atoms with E-state index >= 15 is 0 Å². The maximum atomic E-state index is 12.2. The van der Waals surface area contributed by atoms with Crippen molar-refractivity contribution >= 4 is 11.6 Å². The van der Waals surface area contributed by atoms with Gasteiger partial charge in [-0.05, 0) is 18.9 Å². The zero-order valence-electron chi connectivity index (χ0n) is 12.0. The Morgan fingerprint density at radius 3 is 2.71 bits per heavy atom. The summed E-state index contributed by atoms with van der Waals surface area (Å²) in [6.07, 6.45) is 2.18. The number of amides is 1. The van der Waals surface area contributed by atoms with E-state index in [4.69, 9.17) is 5.73 Å². The summed E-state index contributed by atoms with van der Waals surface area (Å²) in [4.78, 5) is 12.2. The van der Waals surface area contributed by atoms with Crippen molar-refractivity contribution in [1.29, 1.82) is 0 Å². The molecule has 2 aromatic rings. The van der Waals surface area contributed by atoms with Crippen molar-refractivity contribution in [3.05, 3.63) is 47.8 Å². The summed E-state index contributed by atoms with van der Waals surface area (Å²) in [5.74, 6) is -0.366. The third kappa shape index (κ3) is 3.82. The molecule has 1 heterocycles. The number of anilines is 1. The molecule has 6 nitrogen and oxygen atoms in total. The Balaban J connectivity index is 2.04. The van der Waals surface area contributed by atoms with Crippen LogP contribution in [0.4, 0.5) is 5.69 Å². The number of aliphatic hydroxyl groups is 1. The summed E-state index contributed by atoms with van der Waals surface area (Å²) in [5, 5.41) is 16.3. The first kappa shape index (κ1) is 15.1. The van der Waals surface area contributed by atoms with E-state index in [1.54, 1.807) is 10.9 Å². The fourth-order valence-corrected chi connectivity index (χ4v) is 2.09. The molecule has 0 aliphatic rings. The molecule has 0 fully saturated rings. The van der Waals surface area contributed by atoms with Crippen molar-refractivity contribution < 1.29 is 9.90 Å². The number of aliphatic hydroxyl groups excluding tert-OH is 1. The Bertz CT molecular complexity index is 595. The van der Waals surface area contributed by atoms with Gasteiger partial charge in [0.25, 0.3) is 5.91 Å². The van der Waals surface area contributed by atoms with Gasteiger partial charge in [0.05, 0.1) is 18.3 Å². The SMILES string of the molecule is CCn1cc(N)c(C(=O)N[C@@H](CO)Cc2ccccc2)n1. The van der Waals surface area contributed by atoms with Crippen molar-refractivity contribution in [3.63, 3.8) is 0 Å². The summed E-state index contributed by atoms with van der Waals surface area (Å²) < 4.78 is 1.61. The average molecular weight is 288 g/mol. The topological polar surface area (TPSA) is 93.2 Å². The first-order chi connectivity index (χ1) is 10.1. The van der Waals surface area contributed by atoms with Crippen LogP contribution in [0.2, 0.25) is 0 Å². The Kier molecular flexibility index (Phi) is 4.94. The van der Waals surface area contributed by atoms with E-state index in [1.165, 1.54) is 0 Å². The predicted molar refractivity (Wildman–Crippen MR) is 80.8 cm³/mol. The van der Waals surface area contributed by atoms with E-state index in [2.05, 4.69) is 10.4 Å². The number of aromatic nitrogens is 2. The maximum absolute atomic E-state index is 12.2. The number of rotatable bonds is 6. The number of nitrogens with zero attached hydrogens (tertiary/aromatic N) is 2. The molecule has 0 aliphatic carbocycles. The van der Waals surface area contributed by atoms with E-state index < -0.39 is 0 Å². The van der Waals surface area contributed by atoms with Crippen molar-refractivity contribution in [3.8, 4) is 0 Å². The van der Waals surface area contributed by atoms with Gasteiger partial charge < -0.3 is 16.2 Å². The highest BCUT2D eigenvalue weighted by Gasteiger charge is 2.18. The van der Waals surface area contributed by atoms with Crippen LogP contribution >= 0.6 is 0 Å². The van der Waals surface area contributed by atoms with E-state index in [1.807, 2.05) is 37.3 Å². The van der Waals surface area contributed by atoms with Crippen LogP contribution in [-0.4, -0.2) is 33.4 Å². The van der Waals surface area contributed by atoms with E-state index in [0.29, 0.717) is 18.7 Å². The summed E-state index contributed by atoms with van der Waals surface area (Å²) in [6, 6.07) is 9.31. The minimum absolute atomic E-state index is 0.144. The molecule has 1 amide bonds. The van der Waals surface area contributed by atoms with Crippen molar-refractivity contribution in [2.75, 3.05) is 12.3 Å². The number of hydrogen-bond acceptors (Lipinski definition) is 4. The molecule has 21 heavy (non-hydrogen) atoms. The van der Waals surface area contributed by atoms with Crippen LogP contribution in [0.3, 0.4) is 0 Å². The summed E-state index contributed by atoms with van der Waals surface area (Å²) in [7, 11) is 0. The lowest BCUT2D eigenvalue weighted by Gasteiger charge is -2.15. The zero-order chi connectivity index (χ0) is 15.2. The van der Waals surface area contributed by atoms with Gasteiger partial charge >= 0.3 is 0 Å². The molecule has 112 valence electrons. The monoisotopic (exact) mass is 288 g/mol. The van der Waals surface area contributed by atoms with Crippen molar-refractivity contribution in [2.45, 2.75) is 25.9 Å². The van der Waals surface area contributed by atoms with Crippen LogP contribution in [0.5, 0.6) is 0 Å². The number of hydrogen-bond donors (Lipinski definition) is 3. The quantitative estimate of drug-likeness (QED) is 0.733. The lowest BCUT2D eigenvalue weighted by molar-refractivity contribution is 0.0911. The normalized spacial score (nSPS) is 12.1. The summed E-state index contributed by atoms with van der Waals surface area (Å²) >= 11 is 0. The van der Waals surface area contributed by atoms with Gasteiger partial charge in [0.1, 0.15) is 0 Å².